The number of sulfonamides is 1. The van der Waals surface area contributed by atoms with Crippen molar-refractivity contribution in [3.8, 4) is 0 Å². The van der Waals surface area contributed by atoms with E-state index < -0.39 is 15.6 Å². The van der Waals surface area contributed by atoms with Crippen molar-refractivity contribution in [2.45, 2.75) is 24.1 Å². The SMILES string of the molecule is Nc1ccc(CS(=O)(=O)NC2(CO)CC2)cc1. The van der Waals surface area contributed by atoms with Gasteiger partial charge in [0.05, 0.1) is 17.9 Å². The number of aliphatic hydroxyl groups is 1. The Bertz CT molecular complexity index is 492. The first-order valence-corrected chi connectivity index (χ1v) is 7.07. The van der Waals surface area contributed by atoms with Crippen LogP contribution in [0, 0.1) is 0 Å². The van der Waals surface area contributed by atoms with Crippen LogP contribution in [0.15, 0.2) is 24.3 Å². The van der Waals surface area contributed by atoms with Crippen molar-refractivity contribution < 1.29 is 13.5 Å². The second-order valence-electron chi connectivity index (χ2n) is 4.54. The average molecular weight is 256 g/mol. The van der Waals surface area contributed by atoms with Crippen molar-refractivity contribution in [2.24, 2.45) is 0 Å². The van der Waals surface area contributed by atoms with Gasteiger partial charge in [-0.25, -0.2) is 13.1 Å². The van der Waals surface area contributed by atoms with Crippen LogP contribution in [0.5, 0.6) is 0 Å². The van der Waals surface area contributed by atoms with Crippen LogP contribution in [-0.2, 0) is 15.8 Å². The third-order valence-corrected chi connectivity index (χ3v) is 4.32. The van der Waals surface area contributed by atoms with Gasteiger partial charge in [-0.3, -0.25) is 0 Å². The summed E-state index contributed by atoms with van der Waals surface area (Å²) in [6, 6.07) is 6.72. The van der Waals surface area contributed by atoms with Crippen LogP contribution in [0.1, 0.15) is 18.4 Å². The first-order valence-electron chi connectivity index (χ1n) is 5.42. The van der Waals surface area contributed by atoms with E-state index in [-0.39, 0.29) is 12.4 Å². The summed E-state index contributed by atoms with van der Waals surface area (Å²) in [7, 11) is -3.41. The second kappa shape index (κ2) is 4.29. The maximum Gasteiger partial charge on any atom is 0.216 e. The Kier molecular flexibility index (Phi) is 3.11. The molecule has 17 heavy (non-hydrogen) atoms. The van der Waals surface area contributed by atoms with Crippen LogP contribution in [-0.4, -0.2) is 25.7 Å². The van der Waals surface area contributed by atoms with Crippen molar-refractivity contribution in [3.63, 3.8) is 0 Å². The molecule has 5 nitrogen and oxygen atoms in total. The van der Waals surface area contributed by atoms with Crippen LogP contribution >= 0.6 is 0 Å². The number of aliphatic hydroxyl groups excluding tert-OH is 1. The number of rotatable bonds is 5. The molecule has 1 aliphatic carbocycles. The molecule has 0 bridgehead atoms. The normalized spacial score (nSPS) is 17.9. The van der Waals surface area contributed by atoms with Gasteiger partial charge < -0.3 is 10.8 Å². The lowest BCUT2D eigenvalue weighted by Gasteiger charge is -2.14. The Morgan fingerprint density at radius 2 is 1.88 bits per heavy atom. The van der Waals surface area contributed by atoms with E-state index in [2.05, 4.69) is 4.72 Å². The molecule has 0 spiro atoms. The predicted molar refractivity (Wildman–Crippen MR) is 65.7 cm³/mol. The molecule has 0 heterocycles. The molecule has 6 heteroatoms. The zero-order chi connectivity index (χ0) is 12.5. The highest BCUT2D eigenvalue weighted by Crippen LogP contribution is 2.35. The quantitative estimate of drug-likeness (QED) is 0.657. The Hall–Kier alpha value is -1.11. The smallest absolute Gasteiger partial charge is 0.216 e. The molecule has 0 unspecified atom stereocenters. The van der Waals surface area contributed by atoms with Crippen molar-refractivity contribution in [1.82, 2.24) is 4.72 Å². The lowest BCUT2D eigenvalue weighted by atomic mass is 10.2. The van der Waals surface area contributed by atoms with Crippen molar-refractivity contribution in [3.05, 3.63) is 29.8 Å². The minimum absolute atomic E-state index is 0.0883. The Labute approximate surface area is 101 Å². The molecule has 0 aliphatic heterocycles. The number of nitrogens with two attached hydrogens (primary N) is 1. The van der Waals surface area contributed by atoms with Crippen molar-refractivity contribution in [2.75, 3.05) is 12.3 Å². The summed E-state index contributed by atoms with van der Waals surface area (Å²) in [5.41, 5.74) is 6.21. The Balaban J connectivity index is 2.04. The van der Waals surface area contributed by atoms with Gasteiger partial charge in [0.15, 0.2) is 0 Å². The molecule has 0 atom stereocenters. The fourth-order valence-electron chi connectivity index (χ4n) is 1.64. The molecule has 1 aromatic carbocycles. The van der Waals surface area contributed by atoms with Crippen molar-refractivity contribution in [1.29, 1.82) is 0 Å². The van der Waals surface area contributed by atoms with E-state index in [4.69, 9.17) is 10.8 Å². The molecule has 0 saturated heterocycles. The maximum absolute atomic E-state index is 11.8. The molecule has 1 saturated carbocycles. The summed E-state index contributed by atoms with van der Waals surface area (Å²) >= 11 is 0. The molecule has 4 N–H and O–H groups in total. The minimum atomic E-state index is -3.41. The number of hydrogen-bond acceptors (Lipinski definition) is 4. The molecule has 1 aliphatic rings. The highest BCUT2D eigenvalue weighted by atomic mass is 32.2. The lowest BCUT2D eigenvalue weighted by Crippen LogP contribution is -2.40. The number of nitrogens with one attached hydrogen (secondary N) is 1. The van der Waals surface area contributed by atoms with Gasteiger partial charge in [0.25, 0.3) is 0 Å². The highest BCUT2D eigenvalue weighted by Gasteiger charge is 2.45. The van der Waals surface area contributed by atoms with E-state index in [1.165, 1.54) is 0 Å². The fourth-order valence-corrected chi connectivity index (χ4v) is 3.27. The highest BCUT2D eigenvalue weighted by molar-refractivity contribution is 7.88. The predicted octanol–water partition coefficient (Wildman–Crippen LogP) is 0.213. The Morgan fingerprint density at radius 3 is 2.35 bits per heavy atom. The maximum atomic E-state index is 11.8. The number of nitrogen functional groups attached to an aromatic ring is 1. The zero-order valence-electron chi connectivity index (χ0n) is 9.39. The average Bonchev–Trinajstić information content (AvgIpc) is 3.01. The van der Waals surface area contributed by atoms with Gasteiger partial charge in [-0.05, 0) is 30.5 Å². The second-order valence-corrected chi connectivity index (χ2v) is 6.26. The number of benzene rings is 1. The number of anilines is 1. The summed E-state index contributed by atoms with van der Waals surface area (Å²) in [6.45, 7) is -0.145. The minimum Gasteiger partial charge on any atom is -0.399 e. The van der Waals surface area contributed by atoms with Gasteiger partial charge in [-0.1, -0.05) is 12.1 Å². The van der Waals surface area contributed by atoms with Crippen LogP contribution in [0.3, 0.4) is 0 Å². The molecule has 1 aromatic rings. The van der Waals surface area contributed by atoms with Gasteiger partial charge >= 0.3 is 0 Å². The van der Waals surface area contributed by atoms with E-state index >= 15 is 0 Å². The van der Waals surface area contributed by atoms with E-state index in [0.29, 0.717) is 24.1 Å². The van der Waals surface area contributed by atoms with E-state index in [1.54, 1.807) is 24.3 Å². The first kappa shape index (κ1) is 12.3. The van der Waals surface area contributed by atoms with E-state index in [1.807, 2.05) is 0 Å². The Morgan fingerprint density at radius 1 is 1.29 bits per heavy atom. The van der Waals surface area contributed by atoms with Crippen LogP contribution < -0.4 is 10.5 Å². The molecule has 0 aromatic heterocycles. The number of hydrogen-bond donors (Lipinski definition) is 3. The van der Waals surface area contributed by atoms with Gasteiger partial charge in [-0.15, -0.1) is 0 Å². The molecular formula is C11H16N2O3S. The third-order valence-electron chi connectivity index (χ3n) is 2.86. The summed E-state index contributed by atoms with van der Waals surface area (Å²) in [4.78, 5) is 0. The van der Waals surface area contributed by atoms with Crippen LogP contribution in [0.4, 0.5) is 5.69 Å². The lowest BCUT2D eigenvalue weighted by molar-refractivity contribution is 0.246. The molecule has 0 radical (unpaired) electrons. The topological polar surface area (TPSA) is 92.4 Å². The molecular weight excluding hydrogens is 240 g/mol. The van der Waals surface area contributed by atoms with Crippen LogP contribution in [0.25, 0.3) is 0 Å². The zero-order valence-corrected chi connectivity index (χ0v) is 10.2. The van der Waals surface area contributed by atoms with Gasteiger partial charge in [0, 0.05) is 5.69 Å². The van der Waals surface area contributed by atoms with Gasteiger partial charge in [0.1, 0.15) is 0 Å². The largest absolute Gasteiger partial charge is 0.399 e. The van der Waals surface area contributed by atoms with Crippen LogP contribution in [0.2, 0.25) is 0 Å². The fraction of sp³-hybridized carbons (Fsp3) is 0.455. The van der Waals surface area contributed by atoms with Gasteiger partial charge in [0.2, 0.25) is 10.0 Å². The van der Waals surface area contributed by atoms with Gasteiger partial charge in [-0.2, -0.15) is 0 Å². The third kappa shape index (κ3) is 3.18. The standard InChI is InChI=1S/C11H16N2O3S/c12-10-3-1-9(2-4-10)7-17(15,16)13-11(8-14)5-6-11/h1-4,13-14H,5-8,12H2. The van der Waals surface area contributed by atoms with Crippen molar-refractivity contribution >= 4 is 15.7 Å². The monoisotopic (exact) mass is 256 g/mol. The summed E-state index contributed by atoms with van der Waals surface area (Å²) in [6.07, 6.45) is 1.40. The van der Waals surface area contributed by atoms with E-state index in [9.17, 15) is 8.42 Å². The first-order chi connectivity index (χ1) is 7.95. The summed E-state index contributed by atoms with van der Waals surface area (Å²) in [5, 5.41) is 9.08. The van der Waals surface area contributed by atoms with E-state index in [0.717, 1.165) is 0 Å². The summed E-state index contributed by atoms with van der Waals surface area (Å²) < 4.78 is 26.2. The molecule has 1 fully saturated rings. The molecule has 94 valence electrons. The summed E-state index contributed by atoms with van der Waals surface area (Å²) in [5.74, 6) is -0.0883. The molecule has 2 rings (SSSR count). The molecule has 0 amide bonds.